The molecule has 0 radical (unpaired) electrons. The first-order chi connectivity index (χ1) is 12.3. The van der Waals surface area contributed by atoms with E-state index in [1.54, 1.807) is 11.8 Å². The lowest BCUT2D eigenvalue weighted by atomic mass is 10.1. The summed E-state index contributed by atoms with van der Waals surface area (Å²) < 4.78 is 7.53. The van der Waals surface area contributed by atoms with Crippen molar-refractivity contribution in [2.45, 2.75) is 12.1 Å². The van der Waals surface area contributed by atoms with E-state index < -0.39 is 0 Å². The van der Waals surface area contributed by atoms with Crippen molar-refractivity contribution in [1.82, 2.24) is 9.55 Å². The molecule has 1 heterocycles. The van der Waals surface area contributed by atoms with Gasteiger partial charge in [-0.1, -0.05) is 59.8 Å². The Kier molecular flexibility index (Phi) is 6.28. The largest absolute Gasteiger partial charge is 0.394 e. The van der Waals surface area contributed by atoms with Gasteiger partial charge in [0.1, 0.15) is 0 Å². The number of aliphatic hydroxyl groups is 1. The molecule has 0 amide bonds. The second-order valence-electron chi connectivity index (χ2n) is 5.65. The van der Waals surface area contributed by atoms with Crippen molar-refractivity contribution in [2.75, 3.05) is 25.6 Å². The van der Waals surface area contributed by atoms with Crippen LogP contribution in [0.4, 0.5) is 0 Å². The highest BCUT2D eigenvalue weighted by molar-refractivity contribution is 7.99. The number of aromatic nitrogens is 2. The third-order valence-corrected chi connectivity index (χ3v) is 4.70. The highest BCUT2D eigenvalue weighted by Gasteiger charge is 2.13. The van der Waals surface area contributed by atoms with Gasteiger partial charge in [0.05, 0.1) is 31.7 Å². The maximum Gasteiger partial charge on any atom is 0.173 e. The van der Waals surface area contributed by atoms with Gasteiger partial charge in [-0.15, -0.1) is 0 Å². The molecule has 4 nitrogen and oxygen atoms in total. The van der Waals surface area contributed by atoms with Crippen molar-refractivity contribution in [1.29, 1.82) is 0 Å². The Labute approximate surface area is 152 Å². The average molecular weight is 354 g/mol. The van der Waals surface area contributed by atoms with E-state index in [0.29, 0.717) is 13.2 Å². The highest BCUT2D eigenvalue weighted by atomic mass is 32.2. The molecule has 130 valence electrons. The summed E-state index contributed by atoms with van der Waals surface area (Å²) in [6.45, 7) is 3.11. The van der Waals surface area contributed by atoms with Gasteiger partial charge in [0.2, 0.25) is 0 Å². The van der Waals surface area contributed by atoms with Gasteiger partial charge < -0.3 is 9.84 Å². The maximum absolute atomic E-state index is 8.78. The number of ether oxygens (including phenoxy) is 1. The fourth-order valence-electron chi connectivity index (χ4n) is 2.55. The third-order valence-electron chi connectivity index (χ3n) is 3.79. The minimum Gasteiger partial charge on any atom is -0.394 e. The first-order valence-corrected chi connectivity index (χ1v) is 9.30. The Morgan fingerprint density at radius 2 is 1.80 bits per heavy atom. The van der Waals surface area contributed by atoms with Crippen molar-refractivity contribution in [3.8, 4) is 16.9 Å². The van der Waals surface area contributed by atoms with Crippen LogP contribution in [0.2, 0.25) is 0 Å². The van der Waals surface area contributed by atoms with Crippen LogP contribution in [0, 0.1) is 6.92 Å². The Bertz CT molecular complexity index is 785. The van der Waals surface area contributed by atoms with E-state index in [-0.39, 0.29) is 6.61 Å². The second kappa shape index (κ2) is 8.85. The minimum atomic E-state index is 0.0564. The molecule has 0 saturated carbocycles. The Morgan fingerprint density at radius 3 is 2.52 bits per heavy atom. The number of imidazole rings is 1. The number of aryl methyl sites for hydroxylation is 1. The first kappa shape index (κ1) is 17.7. The molecule has 1 aromatic heterocycles. The van der Waals surface area contributed by atoms with E-state index in [1.807, 2.05) is 24.4 Å². The van der Waals surface area contributed by atoms with Crippen LogP contribution in [0.15, 0.2) is 66.0 Å². The van der Waals surface area contributed by atoms with E-state index in [1.165, 1.54) is 5.56 Å². The molecular formula is C20H22N2O2S. The second-order valence-corrected chi connectivity index (χ2v) is 6.71. The van der Waals surface area contributed by atoms with Crippen LogP contribution >= 0.6 is 11.8 Å². The van der Waals surface area contributed by atoms with Gasteiger partial charge in [0.25, 0.3) is 0 Å². The van der Waals surface area contributed by atoms with Gasteiger partial charge in [-0.25, -0.2) is 4.98 Å². The monoisotopic (exact) mass is 354 g/mol. The Balaban J connectivity index is 1.89. The zero-order chi connectivity index (χ0) is 17.5. The molecule has 2 aromatic carbocycles. The number of nitrogens with zero attached hydrogens (tertiary/aromatic N) is 2. The van der Waals surface area contributed by atoms with Crippen LogP contribution in [-0.2, 0) is 4.74 Å². The predicted molar refractivity (Wildman–Crippen MR) is 102 cm³/mol. The summed E-state index contributed by atoms with van der Waals surface area (Å²) in [6.07, 6.45) is 1.93. The predicted octanol–water partition coefficient (Wildman–Crippen LogP) is 3.95. The lowest BCUT2D eigenvalue weighted by Crippen LogP contribution is -2.04. The van der Waals surface area contributed by atoms with Crippen LogP contribution in [0.25, 0.3) is 16.9 Å². The number of rotatable bonds is 8. The van der Waals surface area contributed by atoms with Gasteiger partial charge in [-0.3, -0.25) is 4.57 Å². The van der Waals surface area contributed by atoms with E-state index in [4.69, 9.17) is 9.84 Å². The van der Waals surface area contributed by atoms with Crippen LogP contribution < -0.4 is 0 Å². The fourth-order valence-corrected chi connectivity index (χ4v) is 3.39. The molecule has 0 atom stereocenters. The zero-order valence-electron chi connectivity index (χ0n) is 14.3. The van der Waals surface area contributed by atoms with Crippen LogP contribution in [0.3, 0.4) is 0 Å². The highest BCUT2D eigenvalue weighted by Crippen LogP contribution is 2.29. The standard InChI is InChI=1S/C20H22N2O2S/c1-16-7-9-17(10-8-16)19-15-21-20(25-14-13-24-12-11-23)22(19)18-5-3-2-4-6-18/h2-10,15,23H,11-14H2,1H3. The van der Waals surface area contributed by atoms with Crippen LogP contribution in [0.5, 0.6) is 0 Å². The van der Waals surface area contributed by atoms with Crippen molar-refractivity contribution in [3.05, 3.63) is 66.4 Å². The quantitative estimate of drug-likeness (QED) is 0.491. The average Bonchev–Trinajstić information content (AvgIpc) is 3.07. The van der Waals surface area contributed by atoms with E-state index in [0.717, 1.165) is 27.9 Å². The molecule has 25 heavy (non-hydrogen) atoms. The molecule has 3 rings (SSSR count). The molecule has 0 unspecified atom stereocenters. The van der Waals surface area contributed by atoms with E-state index in [9.17, 15) is 0 Å². The summed E-state index contributed by atoms with van der Waals surface area (Å²) >= 11 is 1.66. The van der Waals surface area contributed by atoms with Crippen molar-refractivity contribution >= 4 is 11.8 Å². The van der Waals surface area contributed by atoms with E-state index >= 15 is 0 Å². The minimum absolute atomic E-state index is 0.0564. The molecule has 0 spiro atoms. The number of hydrogen-bond donors (Lipinski definition) is 1. The molecule has 5 heteroatoms. The lowest BCUT2D eigenvalue weighted by Gasteiger charge is -2.12. The summed E-state index contributed by atoms with van der Waals surface area (Å²) in [6, 6.07) is 18.8. The SMILES string of the molecule is Cc1ccc(-c2cnc(SCCOCCO)n2-c2ccccc2)cc1. The molecule has 0 aliphatic heterocycles. The molecule has 0 bridgehead atoms. The Hall–Kier alpha value is -2.08. The molecule has 3 aromatic rings. The number of aliphatic hydroxyl groups excluding tert-OH is 1. The summed E-state index contributed by atoms with van der Waals surface area (Å²) in [5, 5.41) is 9.72. The number of hydrogen-bond acceptors (Lipinski definition) is 4. The molecule has 0 aliphatic carbocycles. The summed E-state index contributed by atoms with van der Waals surface area (Å²) in [4.78, 5) is 4.63. The lowest BCUT2D eigenvalue weighted by molar-refractivity contribution is 0.103. The van der Waals surface area contributed by atoms with Gasteiger partial charge in [0.15, 0.2) is 5.16 Å². The molecular weight excluding hydrogens is 332 g/mol. The summed E-state index contributed by atoms with van der Waals surface area (Å²) in [7, 11) is 0. The molecule has 1 N–H and O–H groups in total. The third kappa shape index (κ3) is 4.51. The number of para-hydroxylation sites is 1. The number of thioether (sulfide) groups is 1. The molecule has 0 fully saturated rings. The van der Waals surface area contributed by atoms with E-state index in [2.05, 4.69) is 52.9 Å². The van der Waals surface area contributed by atoms with Gasteiger partial charge in [-0.05, 0) is 19.1 Å². The van der Waals surface area contributed by atoms with Gasteiger partial charge >= 0.3 is 0 Å². The van der Waals surface area contributed by atoms with Gasteiger partial charge in [0, 0.05) is 17.0 Å². The zero-order valence-corrected chi connectivity index (χ0v) is 15.1. The molecule has 0 aliphatic rings. The molecule has 0 saturated heterocycles. The normalized spacial score (nSPS) is 11.0. The smallest absolute Gasteiger partial charge is 0.173 e. The van der Waals surface area contributed by atoms with Gasteiger partial charge in [-0.2, -0.15) is 0 Å². The first-order valence-electron chi connectivity index (χ1n) is 8.31. The maximum atomic E-state index is 8.78. The van der Waals surface area contributed by atoms with Crippen molar-refractivity contribution in [2.24, 2.45) is 0 Å². The topological polar surface area (TPSA) is 47.3 Å². The number of benzene rings is 2. The Morgan fingerprint density at radius 1 is 1.04 bits per heavy atom. The van der Waals surface area contributed by atoms with Crippen molar-refractivity contribution in [3.63, 3.8) is 0 Å². The van der Waals surface area contributed by atoms with Crippen molar-refractivity contribution < 1.29 is 9.84 Å². The van der Waals surface area contributed by atoms with Crippen LogP contribution in [0.1, 0.15) is 5.56 Å². The fraction of sp³-hybridized carbons (Fsp3) is 0.250. The summed E-state index contributed by atoms with van der Waals surface area (Å²) in [5.74, 6) is 0.789. The van der Waals surface area contributed by atoms with Crippen LogP contribution in [-0.4, -0.2) is 40.2 Å². The summed E-state index contributed by atoms with van der Waals surface area (Å²) in [5.41, 5.74) is 4.55.